The highest BCUT2D eigenvalue weighted by Crippen LogP contribution is 2.35. The summed E-state index contributed by atoms with van der Waals surface area (Å²) in [6.45, 7) is 12.1. The first-order valence-electron chi connectivity index (χ1n) is 12.3. The Kier molecular flexibility index (Phi) is 11.4. The zero-order chi connectivity index (χ0) is 28.6. The second kappa shape index (κ2) is 13.8. The number of aryl methyl sites for hydroxylation is 1. The summed E-state index contributed by atoms with van der Waals surface area (Å²) in [5, 5.41) is 2.95. The average Bonchev–Trinajstić information content (AvgIpc) is 3.29. The van der Waals surface area contributed by atoms with Crippen molar-refractivity contribution in [1.82, 2.24) is 14.8 Å². The fourth-order valence-corrected chi connectivity index (χ4v) is 4.67. The number of nitrogens with one attached hydrogen (secondary N) is 1. The number of fused-ring (bicyclic) bond motifs is 1. The number of hydrogen-bond donors (Lipinski definition) is 1. The molecule has 1 aliphatic heterocycles. The molecule has 2 heterocycles. The van der Waals surface area contributed by atoms with Gasteiger partial charge in [-0.15, -0.1) is 0 Å². The summed E-state index contributed by atoms with van der Waals surface area (Å²) in [7, 11) is 1.96. The number of halogens is 4. The van der Waals surface area contributed by atoms with Crippen LogP contribution in [0.15, 0.2) is 30.3 Å². The first-order chi connectivity index (χ1) is 18.0. The average molecular weight is 573 g/mol. The largest absolute Gasteiger partial charge is 0.416 e. The summed E-state index contributed by atoms with van der Waals surface area (Å²) in [5.41, 5.74) is 0.0179. The monoisotopic (exact) mass is 572 g/mol. The lowest BCUT2D eigenvalue weighted by Gasteiger charge is -2.31. The van der Waals surface area contributed by atoms with Gasteiger partial charge in [0.2, 0.25) is 0 Å². The highest BCUT2D eigenvalue weighted by molar-refractivity contribution is 7.22. The van der Waals surface area contributed by atoms with Crippen LogP contribution in [0.3, 0.4) is 0 Å². The third-order valence-electron chi connectivity index (χ3n) is 5.37. The molecule has 1 aromatic heterocycles. The lowest BCUT2D eigenvalue weighted by Crippen LogP contribution is -2.48. The summed E-state index contributed by atoms with van der Waals surface area (Å²) in [6, 6.07) is 6.10. The Morgan fingerprint density at radius 3 is 2.29 bits per heavy atom. The molecular weight excluding hydrogens is 541 g/mol. The maximum absolute atomic E-state index is 13.0. The van der Waals surface area contributed by atoms with Crippen LogP contribution in [-0.4, -0.2) is 60.0 Å². The van der Waals surface area contributed by atoms with Gasteiger partial charge < -0.3 is 14.5 Å². The molecular formula is C26H32ClF3N4O3S. The molecule has 0 saturated carbocycles. The van der Waals surface area contributed by atoms with E-state index in [4.69, 9.17) is 16.3 Å². The highest BCUT2D eigenvalue weighted by atomic mass is 35.5. The van der Waals surface area contributed by atoms with Gasteiger partial charge in [-0.2, -0.15) is 13.2 Å². The smallest absolute Gasteiger partial charge is 0.409 e. The highest BCUT2D eigenvalue weighted by Gasteiger charge is 2.31. The number of alkyl halides is 3. The van der Waals surface area contributed by atoms with Gasteiger partial charge in [-0.05, 0) is 49.9 Å². The summed E-state index contributed by atoms with van der Waals surface area (Å²) in [4.78, 5) is 33.6. The van der Waals surface area contributed by atoms with Crippen molar-refractivity contribution in [3.63, 3.8) is 0 Å². The Labute approximate surface area is 229 Å². The van der Waals surface area contributed by atoms with Crippen LogP contribution in [0.2, 0.25) is 5.02 Å². The van der Waals surface area contributed by atoms with E-state index in [9.17, 15) is 22.8 Å². The molecule has 208 valence electrons. The number of benzene rings is 2. The number of nitrogens with zero attached hydrogens (tertiary/aromatic N) is 3. The Balaban J connectivity index is 0.00000121. The molecule has 0 spiro atoms. The predicted octanol–water partition coefficient (Wildman–Crippen LogP) is 7.33. The SMILES string of the molecule is CC.CC.Cc1cc(Cl)cc(C(=O)Nc2nc3ccc(C(F)(F)F)cc3s2)c1OC(=O)N1CCN(C)CC1. The molecule has 1 N–H and O–H groups in total. The van der Waals surface area contributed by atoms with Crippen LogP contribution in [0.4, 0.5) is 23.1 Å². The van der Waals surface area contributed by atoms with E-state index in [1.807, 2.05) is 34.7 Å². The van der Waals surface area contributed by atoms with Gasteiger partial charge in [0.1, 0.15) is 5.75 Å². The molecule has 38 heavy (non-hydrogen) atoms. The number of amides is 2. The van der Waals surface area contributed by atoms with E-state index in [1.165, 1.54) is 12.1 Å². The van der Waals surface area contributed by atoms with Crippen LogP contribution < -0.4 is 10.1 Å². The standard InChI is InChI=1S/C22H20ClF3N4O3S.2C2H6/c1-12-9-14(23)11-15(18(12)33-21(32)30-7-5-29(2)6-8-30)19(31)28-20-27-16-4-3-13(22(24,25)26)10-17(16)34-20;2*1-2/h3-4,9-11H,5-8H2,1-2H3,(H,27,28,31);2*1-2H3. The predicted molar refractivity (Wildman–Crippen MR) is 147 cm³/mol. The topological polar surface area (TPSA) is 74.8 Å². The van der Waals surface area contributed by atoms with Crippen LogP contribution in [0.1, 0.15) is 49.2 Å². The summed E-state index contributed by atoms with van der Waals surface area (Å²) in [5.74, 6) is -0.590. The van der Waals surface area contributed by atoms with Gasteiger partial charge in [0.05, 0.1) is 21.3 Å². The van der Waals surface area contributed by atoms with Gasteiger partial charge in [-0.1, -0.05) is 50.6 Å². The Morgan fingerprint density at radius 2 is 1.68 bits per heavy atom. The molecule has 0 radical (unpaired) electrons. The normalized spacial score (nSPS) is 13.7. The van der Waals surface area contributed by atoms with Crippen LogP contribution in [0.25, 0.3) is 10.2 Å². The van der Waals surface area contributed by atoms with Gasteiger partial charge in [0, 0.05) is 31.2 Å². The minimum Gasteiger partial charge on any atom is -0.409 e. The molecule has 12 heteroatoms. The molecule has 0 bridgehead atoms. The lowest BCUT2D eigenvalue weighted by molar-refractivity contribution is -0.137. The summed E-state index contributed by atoms with van der Waals surface area (Å²) in [6.07, 6.45) is -5.06. The van der Waals surface area contributed by atoms with Crippen molar-refractivity contribution >= 4 is 50.3 Å². The number of anilines is 1. The van der Waals surface area contributed by atoms with Gasteiger partial charge in [-0.25, -0.2) is 9.78 Å². The molecule has 0 atom stereocenters. The molecule has 1 fully saturated rings. The van der Waals surface area contributed by atoms with Crippen LogP contribution in [0, 0.1) is 6.92 Å². The van der Waals surface area contributed by atoms with E-state index < -0.39 is 23.7 Å². The van der Waals surface area contributed by atoms with Gasteiger partial charge in [-0.3, -0.25) is 10.1 Å². The minimum atomic E-state index is -4.48. The van der Waals surface area contributed by atoms with E-state index in [1.54, 1.807) is 17.9 Å². The number of likely N-dealkylation sites (N-methyl/N-ethyl adjacent to an activating group) is 1. The third kappa shape index (κ3) is 7.81. The molecule has 0 unspecified atom stereocenters. The number of rotatable bonds is 3. The van der Waals surface area contributed by atoms with Crippen molar-refractivity contribution in [2.45, 2.75) is 40.8 Å². The van der Waals surface area contributed by atoms with E-state index in [0.29, 0.717) is 37.3 Å². The minimum absolute atomic E-state index is 0.0164. The Hall–Kier alpha value is -2.89. The third-order valence-corrected chi connectivity index (χ3v) is 6.52. The maximum atomic E-state index is 13.0. The van der Waals surface area contributed by atoms with Crippen molar-refractivity contribution in [3.05, 3.63) is 52.0 Å². The van der Waals surface area contributed by atoms with E-state index in [-0.39, 0.29) is 26.2 Å². The molecule has 1 aliphatic rings. The van der Waals surface area contributed by atoms with Crippen molar-refractivity contribution in [3.8, 4) is 5.75 Å². The van der Waals surface area contributed by atoms with Crippen molar-refractivity contribution in [2.24, 2.45) is 0 Å². The van der Waals surface area contributed by atoms with Gasteiger partial charge in [0.25, 0.3) is 5.91 Å². The number of piperazine rings is 1. The second-order valence-electron chi connectivity index (χ2n) is 7.91. The second-order valence-corrected chi connectivity index (χ2v) is 9.38. The maximum Gasteiger partial charge on any atom is 0.416 e. The summed E-state index contributed by atoms with van der Waals surface area (Å²) < 4.78 is 44.8. The molecule has 4 rings (SSSR count). The van der Waals surface area contributed by atoms with Crippen molar-refractivity contribution < 1.29 is 27.5 Å². The number of aromatic nitrogens is 1. The van der Waals surface area contributed by atoms with Gasteiger partial charge in [0.15, 0.2) is 5.13 Å². The number of hydrogen-bond acceptors (Lipinski definition) is 6. The van der Waals surface area contributed by atoms with E-state index in [0.717, 1.165) is 23.5 Å². The van der Waals surface area contributed by atoms with Crippen LogP contribution in [0.5, 0.6) is 5.75 Å². The lowest BCUT2D eigenvalue weighted by atomic mass is 10.1. The first kappa shape index (κ1) is 31.3. The van der Waals surface area contributed by atoms with E-state index in [2.05, 4.69) is 15.2 Å². The molecule has 2 amide bonds. The van der Waals surface area contributed by atoms with Crippen molar-refractivity contribution in [1.29, 1.82) is 0 Å². The fourth-order valence-electron chi connectivity index (χ4n) is 3.49. The zero-order valence-corrected chi connectivity index (χ0v) is 23.8. The molecule has 0 aliphatic carbocycles. The molecule has 1 saturated heterocycles. The number of ether oxygens (including phenoxy) is 1. The zero-order valence-electron chi connectivity index (χ0n) is 22.2. The quantitative estimate of drug-likeness (QED) is 0.356. The van der Waals surface area contributed by atoms with Crippen molar-refractivity contribution in [2.75, 3.05) is 38.5 Å². The number of thiazole rings is 1. The Morgan fingerprint density at radius 1 is 1.05 bits per heavy atom. The number of carbonyl (C=O) groups excluding carboxylic acids is 2. The molecule has 7 nitrogen and oxygen atoms in total. The van der Waals surface area contributed by atoms with Crippen LogP contribution >= 0.6 is 22.9 Å². The Bertz CT molecular complexity index is 1260. The van der Waals surface area contributed by atoms with E-state index >= 15 is 0 Å². The fraction of sp³-hybridized carbons (Fsp3) is 0.423. The summed E-state index contributed by atoms with van der Waals surface area (Å²) >= 11 is 7.04. The first-order valence-corrected chi connectivity index (χ1v) is 13.5. The molecule has 3 aromatic rings. The number of carbonyl (C=O) groups is 2. The van der Waals surface area contributed by atoms with Gasteiger partial charge >= 0.3 is 12.3 Å². The molecule has 2 aromatic carbocycles. The van der Waals surface area contributed by atoms with Crippen LogP contribution in [-0.2, 0) is 6.18 Å².